The number of amides is 2. The van der Waals surface area contributed by atoms with E-state index >= 15 is 0 Å². The van der Waals surface area contributed by atoms with Gasteiger partial charge in [0, 0.05) is 32.4 Å². The molecule has 1 unspecified atom stereocenters. The molecule has 0 fully saturated rings. The van der Waals surface area contributed by atoms with Crippen molar-refractivity contribution < 1.29 is 14.3 Å². The standard InChI is InChI=1S/C19H23N3O3/c1-14(19(24)21-12-17-5-4-10-20-11-17)22(15(2)23)13-16-6-8-18(25-3)9-7-16/h4-11,14H,12-13H2,1-3H3,(H,21,24). The molecule has 6 nitrogen and oxygen atoms in total. The number of carbonyl (C=O) groups is 2. The Kier molecular flexibility index (Phi) is 6.51. The topological polar surface area (TPSA) is 71.5 Å². The number of hydrogen-bond donors (Lipinski definition) is 1. The van der Waals surface area contributed by atoms with Gasteiger partial charge in [0.15, 0.2) is 0 Å². The van der Waals surface area contributed by atoms with Crippen molar-refractivity contribution in [3.05, 3.63) is 59.9 Å². The Balaban J connectivity index is 1.99. The summed E-state index contributed by atoms with van der Waals surface area (Å²) in [7, 11) is 1.60. The van der Waals surface area contributed by atoms with E-state index < -0.39 is 6.04 Å². The third-order valence-electron chi connectivity index (χ3n) is 3.95. The maximum atomic E-state index is 12.4. The molecule has 25 heavy (non-hydrogen) atoms. The van der Waals surface area contributed by atoms with Crippen LogP contribution in [0.1, 0.15) is 25.0 Å². The van der Waals surface area contributed by atoms with Crippen LogP contribution in [0.25, 0.3) is 0 Å². The van der Waals surface area contributed by atoms with Crippen LogP contribution in [-0.2, 0) is 22.7 Å². The van der Waals surface area contributed by atoms with Crippen molar-refractivity contribution in [3.8, 4) is 5.75 Å². The van der Waals surface area contributed by atoms with E-state index in [9.17, 15) is 9.59 Å². The SMILES string of the molecule is COc1ccc(CN(C(C)=O)C(C)C(=O)NCc2cccnc2)cc1. The van der Waals surface area contributed by atoms with Crippen LogP contribution >= 0.6 is 0 Å². The summed E-state index contributed by atoms with van der Waals surface area (Å²) in [5.74, 6) is 0.396. The summed E-state index contributed by atoms with van der Waals surface area (Å²) in [5, 5.41) is 2.85. The first-order valence-corrected chi connectivity index (χ1v) is 8.08. The Hall–Kier alpha value is -2.89. The highest BCUT2D eigenvalue weighted by molar-refractivity contribution is 5.86. The van der Waals surface area contributed by atoms with E-state index in [1.165, 1.54) is 6.92 Å². The average Bonchev–Trinajstić information content (AvgIpc) is 2.64. The number of benzene rings is 1. The fourth-order valence-corrected chi connectivity index (χ4v) is 2.43. The zero-order valence-electron chi connectivity index (χ0n) is 14.7. The molecule has 0 spiro atoms. The molecule has 0 saturated heterocycles. The zero-order valence-corrected chi connectivity index (χ0v) is 14.7. The number of ether oxygens (including phenoxy) is 1. The summed E-state index contributed by atoms with van der Waals surface area (Å²) in [6.07, 6.45) is 3.38. The minimum atomic E-state index is -0.573. The molecule has 1 N–H and O–H groups in total. The lowest BCUT2D eigenvalue weighted by molar-refractivity contribution is -0.139. The molecule has 0 aliphatic heterocycles. The molecular weight excluding hydrogens is 318 g/mol. The van der Waals surface area contributed by atoms with Crippen molar-refractivity contribution in [3.63, 3.8) is 0 Å². The molecule has 2 aromatic rings. The van der Waals surface area contributed by atoms with Gasteiger partial charge in [-0.3, -0.25) is 14.6 Å². The highest BCUT2D eigenvalue weighted by Gasteiger charge is 2.23. The van der Waals surface area contributed by atoms with Crippen LogP contribution in [0.15, 0.2) is 48.8 Å². The number of pyridine rings is 1. The Morgan fingerprint density at radius 3 is 2.48 bits per heavy atom. The molecule has 1 atom stereocenters. The van der Waals surface area contributed by atoms with Gasteiger partial charge in [0.25, 0.3) is 0 Å². The molecule has 0 aliphatic rings. The van der Waals surface area contributed by atoms with E-state index in [2.05, 4.69) is 10.3 Å². The number of rotatable bonds is 7. The van der Waals surface area contributed by atoms with Gasteiger partial charge >= 0.3 is 0 Å². The van der Waals surface area contributed by atoms with Gasteiger partial charge in [0.05, 0.1) is 7.11 Å². The molecule has 0 bridgehead atoms. The van der Waals surface area contributed by atoms with Gasteiger partial charge in [0.2, 0.25) is 11.8 Å². The second-order valence-corrected chi connectivity index (χ2v) is 5.75. The van der Waals surface area contributed by atoms with Gasteiger partial charge in [-0.25, -0.2) is 0 Å². The van der Waals surface area contributed by atoms with Crippen molar-refractivity contribution in [1.29, 1.82) is 0 Å². The molecule has 132 valence electrons. The van der Waals surface area contributed by atoms with Crippen LogP contribution in [0.4, 0.5) is 0 Å². The van der Waals surface area contributed by atoms with E-state index in [1.807, 2.05) is 36.4 Å². The lowest BCUT2D eigenvalue weighted by atomic mass is 10.1. The van der Waals surface area contributed by atoms with Gasteiger partial charge in [-0.15, -0.1) is 0 Å². The number of aromatic nitrogens is 1. The smallest absolute Gasteiger partial charge is 0.242 e. The van der Waals surface area contributed by atoms with E-state index in [-0.39, 0.29) is 11.8 Å². The van der Waals surface area contributed by atoms with Crippen LogP contribution in [0.5, 0.6) is 5.75 Å². The second-order valence-electron chi connectivity index (χ2n) is 5.75. The molecular formula is C19H23N3O3. The Morgan fingerprint density at radius 1 is 1.20 bits per heavy atom. The zero-order chi connectivity index (χ0) is 18.2. The number of nitrogens with zero attached hydrogens (tertiary/aromatic N) is 2. The summed E-state index contributed by atoms with van der Waals surface area (Å²) in [6, 6.07) is 10.6. The van der Waals surface area contributed by atoms with E-state index in [0.29, 0.717) is 13.1 Å². The normalized spacial score (nSPS) is 11.5. The maximum absolute atomic E-state index is 12.4. The summed E-state index contributed by atoms with van der Waals surface area (Å²) < 4.78 is 5.13. The lowest BCUT2D eigenvalue weighted by Crippen LogP contribution is -2.46. The van der Waals surface area contributed by atoms with Gasteiger partial charge in [-0.1, -0.05) is 18.2 Å². The molecule has 1 heterocycles. The minimum Gasteiger partial charge on any atom is -0.497 e. The lowest BCUT2D eigenvalue weighted by Gasteiger charge is -2.27. The highest BCUT2D eigenvalue weighted by Crippen LogP contribution is 2.14. The van der Waals surface area contributed by atoms with Gasteiger partial charge in [0.1, 0.15) is 11.8 Å². The van der Waals surface area contributed by atoms with Crippen LogP contribution in [0, 0.1) is 0 Å². The van der Waals surface area contributed by atoms with E-state index in [1.54, 1.807) is 31.3 Å². The second kappa shape index (κ2) is 8.82. The van der Waals surface area contributed by atoms with E-state index in [4.69, 9.17) is 4.74 Å². The minimum absolute atomic E-state index is 0.153. The molecule has 6 heteroatoms. The van der Waals surface area contributed by atoms with Crippen molar-refractivity contribution in [1.82, 2.24) is 15.2 Å². The largest absolute Gasteiger partial charge is 0.497 e. The number of nitrogens with one attached hydrogen (secondary N) is 1. The van der Waals surface area contributed by atoms with Gasteiger partial charge in [-0.05, 0) is 36.2 Å². The third-order valence-corrected chi connectivity index (χ3v) is 3.95. The molecule has 0 radical (unpaired) electrons. The molecule has 0 saturated carbocycles. The Labute approximate surface area is 147 Å². The predicted molar refractivity (Wildman–Crippen MR) is 94.8 cm³/mol. The van der Waals surface area contributed by atoms with Gasteiger partial charge in [-0.2, -0.15) is 0 Å². The average molecular weight is 341 g/mol. The van der Waals surface area contributed by atoms with Crippen LogP contribution < -0.4 is 10.1 Å². The quantitative estimate of drug-likeness (QED) is 0.837. The van der Waals surface area contributed by atoms with Crippen molar-refractivity contribution in [2.75, 3.05) is 7.11 Å². The molecule has 1 aromatic carbocycles. The van der Waals surface area contributed by atoms with E-state index in [0.717, 1.165) is 16.9 Å². The summed E-state index contributed by atoms with van der Waals surface area (Å²) >= 11 is 0. The monoisotopic (exact) mass is 341 g/mol. The first-order valence-electron chi connectivity index (χ1n) is 8.08. The highest BCUT2D eigenvalue weighted by atomic mass is 16.5. The summed E-state index contributed by atoms with van der Waals surface area (Å²) in [6.45, 7) is 3.93. The first kappa shape index (κ1) is 18.4. The number of carbonyl (C=O) groups excluding carboxylic acids is 2. The molecule has 2 amide bonds. The van der Waals surface area contributed by atoms with Crippen LogP contribution in [-0.4, -0.2) is 34.8 Å². The number of hydrogen-bond acceptors (Lipinski definition) is 4. The van der Waals surface area contributed by atoms with Crippen molar-refractivity contribution in [2.24, 2.45) is 0 Å². The predicted octanol–water partition coefficient (Wildman–Crippen LogP) is 2.14. The summed E-state index contributed by atoms with van der Waals surface area (Å²) in [4.78, 5) is 30.0. The summed E-state index contributed by atoms with van der Waals surface area (Å²) in [5.41, 5.74) is 1.84. The van der Waals surface area contributed by atoms with Crippen molar-refractivity contribution in [2.45, 2.75) is 33.0 Å². The Bertz CT molecular complexity index is 702. The molecule has 2 rings (SSSR count). The van der Waals surface area contributed by atoms with Crippen LogP contribution in [0.2, 0.25) is 0 Å². The molecule has 0 aliphatic carbocycles. The van der Waals surface area contributed by atoms with Crippen LogP contribution in [0.3, 0.4) is 0 Å². The van der Waals surface area contributed by atoms with Crippen molar-refractivity contribution >= 4 is 11.8 Å². The fraction of sp³-hybridized carbons (Fsp3) is 0.316. The maximum Gasteiger partial charge on any atom is 0.242 e. The fourth-order valence-electron chi connectivity index (χ4n) is 2.43. The molecule has 1 aromatic heterocycles. The first-order chi connectivity index (χ1) is 12.0. The van der Waals surface area contributed by atoms with Gasteiger partial charge < -0.3 is 15.0 Å². The Morgan fingerprint density at radius 2 is 1.92 bits per heavy atom. The third kappa shape index (κ3) is 5.31. The number of methoxy groups -OCH3 is 1.